The molecule has 1 aliphatic rings. The molecule has 15 heteroatoms. The summed E-state index contributed by atoms with van der Waals surface area (Å²) in [5.74, 6) is -11.7. The van der Waals surface area contributed by atoms with Crippen molar-refractivity contribution < 1.29 is 57.1 Å². The minimum atomic E-state index is -1.70. The lowest BCUT2D eigenvalue weighted by molar-refractivity contribution is -0.187. The van der Waals surface area contributed by atoms with Gasteiger partial charge in [-0.3, -0.25) is 19.2 Å². The smallest absolute Gasteiger partial charge is 0.305 e. The van der Waals surface area contributed by atoms with Crippen molar-refractivity contribution in [1.82, 2.24) is 15.0 Å². The first-order valence-electron chi connectivity index (χ1n) is 10.9. The van der Waals surface area contributed by atoms with Crippen molar-refractivity contribution in [2.45, 2.75) is 44.4 Å². The van der Waals surface area contributed by atoms with Crippen LogP contribution in [0.25, 0.3) is 11.3 Å². The van der Waals surface area contributed by atoms with Crippen LogP contribution in [0.15, 0.2) is 18.3 Å². The zero-order valence-electron chi connectivity index (χ0n) is 19.2. The molecule has 12 nitrogen and oxygen atoms in total. The highest BCUT2D eigenvalue weighted by atomic mass is 19.2. The van der Waals surface area contributed by atoms with Crippen LogP contribution in [0.4, 0.5) is 13.2 Å². The van der Waals surface area contributed by atoms with Crippen LogP contribution in [0.3, 0.4) is 0 Å². The van der Waals surface area contributed by atoms with Gasteiger partial charge in [0.1, 0.15) is 12.3 Å². The van der Waals surface area contributed by atoms with Crippen LogP contribution in [0.1, 0.15) is 32.2 Å². The predicted molar refractivity (Wildman–Crippen MR) is 113 cm³/mol. The number of halogens is 3. The molecular formula is C22H22F3N3O9. The van der Waals surface area contributed by atoms with E-state index in [1.54, 1.807) is 0 Å². The number of esters is 1. The molecule has 1 saturated heterocycles. The van der Waals surface area contributed by atoms with Crippen LogP contribution in [0, 0.1) is 29.3 Å². The highest BCUT2D eigenvalue weighted by Gasteiger charge is 2.49. The number of rotatable bonds is 10. The number of carboxylic acids is 3. The van der Waals surface area contributed by atoms with E-state index in [2.05, 4.69) is 10.3 Å². The minimum absolute atomic E-state index is 0.154. The summed E-state index contributed by atoms with van der Waals surface area (Å²) in [6.45, 7) is 0.634. The molecule has 0 aliphatic carbocycles. The molecule has 0 spiro atoms. The first-order valence-corrected chi connectivity index (χ1v) is 10.9. The van der Waals surface area contributed by atoms with E-state index < -0.39 is 97.3 Å². The summed E-state index contributed by atoms with van der Waals surface area (Å²) in [6.07, 6.45) is -3.24. The summed E-state index contributed by atoms with van der Waals surface area (Å²) in [5.41, 5.74) is -0.364. The van der Waals surface area contributed by atoms with Crippen molar-refractivity contribution in [3.8, 4) is 11.3 Å². The predicted octanol–water partition coefficient (Wildman–Crippen LogP) is 1.89. The van der Waals surface area contributed by atoms with Crippen LogP contribution < -0.4 is 0 Å². The second-order valence-electron chi connectivity index (χ2n) is 8.47. The molecule has 3 rings (SSSR count). The monoisotopic (exact) mass is 529 g/mol. The van der Waals surface area contributed by atoms with Gasteiger partial charge in [0, 0.05) is 24.3 Å². The number of ether oxygens (including phenoxy) is 2. The van der Waals surface area contributed by atoms with Gasteiger partial charge in [0.25, 0.3) is 0 Å². The van der Waals surface area contributed by atoms with Gasteiger partial charge < -0.3 is 24.8 Å². The maximum absolute atomic E-state index is 13.8. The Balaban J connectivity index is 2.12. The van der Waals surface area contributed by atoms with Gasteiger partial charge in [0.15, 0.2) is 17.5 Å². The number of benzene rings is 1. The quantitative estimate of drug-likeness (QED) is 0.302. The first kappa shape index (κ1) is 27.6. The highest BCUT2D eigenvalue weighted by Crippen LogP contribution is 2.44. The van der Waals surface area contributed by atoms with Gasteiger partial charge in [-0.2, -0.15) is 0 Å². The molecule has 37 heavy (non-hydrogen) atoms. The van der Waals surface area contributed by atoms with E-state index in [4.69, 9.17) is 9.47 Å². The molecule has 200 valence electrons. The van der Waals surface area contributed by atoms with E-state index in [1.165, 1.54) is 0 Å². The van der Waals surface area contributed by atoms with Gasteiger partial charge in [0.2, 0.25) is 0 Å². The third kappa shape index (κ3) is 6.61. The molecule has 0 saturated carbocycles. The molecule has 0 bridgehead atoms. The topological polar surface area (TPSA) is 178 Å². The number of hydrogen-bond acceptors (Lipinski definition) is 8. The van der Waals surface area contributed by atoms with Crippen molar-refractivity contribution in [3.63, 3.8) is 0 Å². The maximum atomic E-state index is 13.8. The second-order valence-corrected chi connectivity index (χ2v) is 8.47. The van der Waals surface area contributed by atoms with Crippen molar-refractivity contribution in [2.75, 3.05) is 6.61 Å². The standard InChI is InChI=1S/C22H22F3N3O9/c1-9(29)36-8-17-12(5-19(32)33)22(11(4-18(30)31)16(37-17)6-20(34)35)28-7-15(26-27-28)10-2-13(23)21(25)14(24)3-10/h2-3,7,11-12,16-17,22H,4-6,8H2,1H3,(H,30,31)(H,32,33)(H,34,35)/t11-,12-,16-,17-,22-/m0/s1. The lowest BCUT2D eigenvalue weighted by Gasteiger charge is -2.45. The number of nitrogens with zero attached hydrogens (tertiary/aromatic N) is 3. The van der Waals surface area contributed by atoms with Gasteiger partial charge in [-0.1, -0.05) is 5.21 Å². The van der Waals surface area contributed by atoms with E-state index in [9.17, 15) is 47.7 Å². The average Bonchev–Trinajstić information content (AvgIpc) is 3.26. The van der Waals surface area contributed by atoms with Gasteiger partial charge in [0.05, 0.1) is 43.7 Å². The summed E-state index contributed by atoms with van der Waals surface area (Å²) < 4.78 is 52.7. The second kappa shape index (κ2) is 11.4. The Morgan fingerprint density at radius 2 is 1.49 bits per heavy atom. The average molecular weight is 529 g/mol. The Morgan fingerprint density at radius 1 is 0.946 bits per heavy atom. The Hall–Kier alpha value is -4.01. The van der Waals surface area contributed by atoms with E-state index >= 15 is 0 Å². The van der Waals surface area contributed by atoms with Crippen molar-refractivity contribution in [1.29, 1.82) is 0 Å². The van der Waals surface area contributed by atoms with Gasteiger partial charge in [-0.05, 0) is 12.1 Å². The molecule has 1 aromatic heterocycles. The molecule has 3 N–H and O–H groups in total. The third-order valence-electron chi connectivity index (χ3n) is 5.92. The lowest BCUT2D eigenvalue weighted by atomic mass is 9.75. The number of hydrogen-bond donors (Lipinski definition) is 3. The van der Waals surface area contributed by atoms with Crippen LogP contribution in [0.2, 0.25) is 0 Å². The van der Waals surface area contributed by atoms with Crippen molar-refractivity contribution >= 4 is 23.9 Å². The van der Waals surface area contributed by atoms with E-state index in [0.717, 1.165) is 17.8 Å². The fraction of sp³-hybridized carbons (Fsp3) is 0.455. The van der Waals surface area contributed by atoms with Crippen LogP contribution in [-0.4, -0.2) is 73.0 Å². The van der Waals surface area contributed by atoms with Gasteiger partial charge in [-0.25, -0.2) is 17.9 Å². The molecule has 2 heterocycles. The number of aliphatic carboxylic acids is 3. The summed E-state index contributed by atoms with van der Waals surface area (Å²) in [6, 6.07) is 0.163. The van der Waals surface area contributed by atoms with Crippen molar-refractivity contribution in [3.05, 3.63) is 35.8 Å². The normalized spacial score (nSPS) is 23.4. The van der Waals surface area contributed by atoms with Crippen molar-refractivity contribution in [2.24, 2.45) is 11.8 Å². The minimum Gasteiger partial charge on any atom is -0.481 e. The molecule has 2 aromatic rings. The summed E-state index contributed by atoms with van der Waals surface area (Å²) >= 11 is 0. The SMILES string of the molecule is CC(=O)OC[C@@H]1O[C@@H](CC(=O)O)[C@H](CC(=O)O)[C@H](n2cc(-c3cc(F)c(F)c(F)c3)nn2)[C@H]1CC(=O)O. The summed E-state index contributed by atoms with van der Waals surface area (Å²) in [4.78, 5) is 46.3. The Morgan fingerprint density at radius 3 is 2.00 bits per heavy atom. The van der Waals surface area contributed by atoms with E-state index in [-0.39, 0.29) is 11.3 Å². The summed E-state index contributed by atoms with van der Waals surface area (Å²) in [5, 5.41) is 36.1. The maximum Gasteiger partial charge on any atom is 0.305 e. The molecular weight excluding hydrogens is 507 g/mol. The lowest BCUT2D eigenvalue weighted by Crippen LogP contribution is -2.52. The Bertz CT molecular complexity index is 1180. The molecule has 1 aromatic carbocycles. The fourth-order valence-electron chi connectivity index (χ4n) is 4.48. The Labute approximate surface area is 206 Å². The third-order valence-corrected chi connectivity index (χ3v) is 5.92. The molecule has 1 fully saturated rings. The highest BCUT2D eigenvalue weighted by molar-refractivity contribution is 5.70. The number of carboxylic acid groups (broad SMARTS) is 3. The summed E-state index contributed by atoms with van der Waals surface area (Å²) in [7, 11) is 0. The van der Waals surface area contributed by atoms with Gasteiger partial charge >= 0.3 is 23.9 Å². The molecule has 1 aliphatic heterocycles. The molecule has 0 amide bonds. The van der Waals surface area contributed by atoms with E-state index in [0.29, 0.717) is 12.1 Å². The zero-order chi connectivity index (χ0) is 27.4. The fourth-order valence-corrected chi connectivity index (χ4v) is 4.48. The number of carbonyl (C=O) groups excluding carboxylic acids is 1. The number of carbonyl (C=O) groups is 4. The van der Waals surface area contributed by atoms with E-state index in [1.807, 2.05) is 0 Å². The van der Waals surface area contributed by atoms with Crippen LogP contribution >= 0.6 is 0 Å². The largest absolute Gasteiger partial charge is 0.481 e. The van der Waals surface area contributed by atoms with Gasteiger partial charge in [-0.15, -0.1) is 5.10 Å². The first-order chi connectivity index (χ1) is 17.4. The molecule has 5 atom stereocenters. The number of aromatic nitrogens is 3. The molecule has 0 unspecified atom stereocenters. The zero-order valence-corrected chi connectivity index (χ0v) is 19.2. The Kier molecular flexibility index (Phi) is 8.47. The van der Waals surface area contributed by atoms with Crippen LogP contribution in [0.5, 0.6) is 0 Å². The van der Waals surface area contributed by atoms with Crippen LogP contribution in [-0.2, 0) is 28.7 Å². The molecule has 0 radical (unpaired) electrons.